The van der Waals surface area contributed by atoms with E-state index in [2.05, 4.69) is 15.2 Å². The van der Waals surface area contributed by atoms with E-state index in [0.717, 1.165) is 57.9 Å². The molecule has 0 radical (unpaired) electrons. The summed E-state index contributed by atoms with van der Waals surface area (Å²) in [5, 5.41) is 3.30. The smallest absolute Gasteiger partial charge is 0.376 e. The Morgan fingerprint density at radius 3 is 2.57 bits per heavy atom. The Morgan fingerprint density at radius 1 is 1.23 bits per heavy atom. The molecule has 0 bridgehead atoms. The van der Waals surface area contributed by atoms with Gasteiger partial charge in [-0.2, -0.15) is 13.2 Å². The van der Waals surface area contributed by atoms with Gasteiger partial charge in [0.1, 0.15) is 0 Å². The molecule has 2 saturated heterocycles. The Kier molecular flexibility index (Phi) is 13.6. The minimum Gasteiger partial charge on any atom is -0.376 e. The summed E-state index contributed by atoms with van der Waals surface area (Å²) >= 11 is 0. The van der Waals surface area contributed by atoms with Gasteiger partial charge in [-0.25, -0.2) is 0 Å². The lowest BCUT2D eigenvalue weighted by molar-refractivity contribution is -0.143. The normalized spacial score (nSPS) is 21.6. The summed E-state index contributed by atoms with van der Waals surface area (Å²) in [6.45, 7) is 6.07. The second-order valence-corrected chi connectivity index (χ2v) is 7.95. The van der Waals surface area contributed by atoms with Crippen molar-refractivity contribution in [1.82, 2.24) is 15.1 Å². The number of likely N-dealkylation sites (tertiary alicyclic amines) is 1. The Labute approximate surface area is 195 Å². The predicted molar refractivity (Wildman–Crippen MR) is 124 cm³/mol. The monoisotopic (exact) mass is 550 g/mol. The molecule has 178 valence electrons. The fourth-order valence-electron chi connectivity index (χ4n) is 3.75. The minimum atomic E-state index is -4.15. The lowest BCUT2D eigenvalue weighted by Crippen LogP contribution is -2.47. The summed E-state index contributed by atoms with van der Waals surface area (Å²) in [5.74, 6) is 0.847. The molecular weight excluding hydrogens is 512 g/mol. The quantitative estimate of drug-likeness (QED) is 0.206. The molecule has 1 atom stereocenters. The summed E-state index contributed by atoms with van der Waals surface area (Å²) in [4.78, 5) is 8.13. The third-order valence-corrected chi connectivity index (χ3v) is 5.28. The van der Waals surface area contributed by atoms with Crippen LogP contribution in [0.15, 0.2) is 4.99 Å². The topological polar surface area (TPSA) is 49.3 Å². The molecule has 1 N–H and O–H groups in total. The molecule has 2 aliphatic heterocycles. The first-order valence-corrected chi connectivity index (χ1v) is 10.9. The summed E-state index contributed by atoms with van der Waals surface area (Å²) in [6.07, 6.45) is 2.32. The highest BCUT2D eigenvalue weighted by atomic mass is 127. The van der Waals surface area contributed by atoms with Gasteiger partial charge in [0.05, 0.1) is 25.4 Å². The van der Waals surface area contributed by atoms with Gasteiger partial charge in [0.25, 0.3) is 0 Å². The number of rotatable bonds is 9. The van der Waals surface area contributed by atoms with Crippen LogP contribution in [-0.2, 0) is 9.47 Å². The minimum absolute atomic E-state index is 0. The molecule has 2 heterocycles. The third-order valence-electron chi connectivity index (χ3n) is 5.28. The maximum atomic E-state index is 12.4. The lowest BCUT2D eigenvalue weighted by Gasteiger charge is -2.35. The molecule has 6 nitrogen and oxygen atoms in total. The molecule has 2 fully saturated rings. The number of hydrogen-bond acceptors (Lipinski definition) is 4. The second kappa shape index (κ2) is 14.7. The first kappa shape index (κ1) is 27.7. The number of alkyl halides is 3. The van der Waals surface area contributed by atoms with Crippen LogP contribution in [-0.4, -0.2) is 93.7 Å². The van der Waals surface area contributed by atoms with Crippen molar-refractivity contribution in [1.29, 1.82) is 0 Å². The molecule has 1 unspecified atom stereocenters. The fourth-order valence-corrected chi connectivity index (χ4v) is 3.75. The van der Waals surface area contributed by atoms with Gasteiger partial charge < -0.3 is 19.7 Å². The van der Waals surface area contributed by atoms with Crippen molar-refractivity contribution in [2.45, 2.75) is 63.8 Å². The third kappa shape index (κ3) is 11.3. The first-order chi connectivity index (χ1) is 13.9. The molecule has 0 saturated carbocycles. The zero-order chi connectivity index (χ0) is 21.1. The van der Waals surface area contributed by atoms with Crippen molar-refractivity contribution in [3.8, 4) is 0 Å². The molecule has 30 heavy (non-hydrogen) atoms. The molecule has 2 rings (SSSR count). The van der Waals surface area contributed by atoms with Crippen molar-refractivity contribution in [2.24, 2.45) is 4.99 Å². The van der Waals surface area contributed by atoms with E-state index >= 15 is 0 Å². The number of hydrogen-bond donors (Lipinski definition) is 1. The number of nitrogens with zero attached hydrogens (tertiary/aromatic N) is 3. The van der Waals surface area contributed by atoms with E-state index in [9.17, 15) is 13.2 Å². The van der Waals surface area contributed by atoms with Crippen LogP contribution in [0.3, 0.4) is 0 Å². The van der Waals surface area contributed by atoms with Crippen LogP contribution in [0.25, 0.3) is 0 Å². The highest BCUT2D eigenvalue weighted by molar-refractivity contribution is 14.0. The van der Waals surface area contributed by atoms with Crippen molar-refractivity contribution >= 4 is 29.9 Å². The number of guanidine groups is 1. The second-order valence-electron chi connectivity index (χ2n) is 7.95. The first-order valence-electron chi connectivity index (χ1n) is 10.9. The predicted octanol–water partition coefficient (Wildman–Crippen LogP) is 3.50. The van der Waals surface area contributed by atoms with Crippen molar-refractivity contribution in [2.75, 3.05) is 59.5 Å². The van der Waals surface area contributed by atoms with Gasteiger partial charge >= 0.3 is 6.18 Å². The van der Waals surface area contributed by atoms with Gasteiger partial charge in [-0.3, -0.25) is 9.89 Å². The van der Waals surface area contributed by atoms with Crippen molar-refractivity contribution in [3.63, 3.8) is 0 Å². The van der Waals surface area contributed by atoms with E-state index in [1.165, 1.54) is 18.4 Å². The Morgan fingerprint density at radius 2 is 1.97 bits per heavy atom. The standard InChI is InChI=1S/C20H37F3N4O2.HI/c1-3-24-19(25-10-6-11-26(2)16-20(21,22)23)27-12-8-17(9-13-27)29-15-18-7-4-5-14-28-18;/h17-18H,3-16H2,1-2H3,(H,24,25);1H. The number of aliphatic imine (C=N–C) groups is 1. The highest BCUT2D eigenvalue weighted by Gasteiger charge is 2.29. The zero-order valence-electron chi connectivity index (χ0n) is 18.3. The van der Waals surface area contributed by atoms with Crippen LogP contribution in [0.1, 0.15) is 45.4 Å². The van der Waals surface area contributed by atoms with Crippen LogP contribution in [0.5, 0.6) is 0 Å². The van der Waals surface area contributed by atoms with Gasteiger partial charge in [0, 0.05) is 32.8 Å². The van der Waals surface area contributed by atoms with Gasteiger partial charge in [-0.1, -0.05) is 0 Å². The maximum Gasteiger partial charge on any atom is 0.401 e. The molecule has 0 aromatic rings. The van der Waals surface area contributed by atoms with Gasteiger partial charge in [0.2, 0.25) is 0 Å². The van der Waals surface area contributed by atoms with Crippen LogP contribution < -0.4 is 5.32 Å². The summed E-state index contributed by atoms with van der Waals surface area (Å²) in [6, 6.07) is 0. The molecule has 10 heteroatoms. The zero-order valence-corrected chi connectivity index (χ0v) is 20.6. The van der Waals surface area contributed by atoms with Gasteiger partial charge in [0.15, 0.2) is 5.96 Å². The Bertz CT molecular complexity index is 483. The van der Waals surface area contributed by atoms with E-state index in [4.69, 9.17) is 9.47 Å². The average molecular weight is 550 g/mol. The number of nitrogens with one attached hydrogen (secondary N) is 1. The summed E-state index contributed by atoms with van der Waals surface area (Å²) in [7, 11) is 1.49. The largest absolute Gasteiger partial charge is 0.401 e. The maximum absolute atomic E-state index is 12.4. The number of piperidine rings is 1. The molecule has 0 aliphatic carbocycles. The average Bonchev–Trinajstić information content (AvgIpc) is 2.69. The van der Waals surface area contributed by atoms with Crippen LogP contribution in [0, 0.1) is 0 Å². The van der Waals surface area contributed by atoms with E-state index in [0.29, 0.717) is 26.1 Å². The summed E-state index contributed by atoms with van der Waals surface area (Å²) < 4.78 is 48.9. The van der Waals surface area contributed by atoms with Crippen molar-refractivity contribution < 1.29 is 22.6 Å². The lowest BCUT2D eigenvalue weighted by atomic mass is 10.1. The van der Waals surface area contributed by atoms with Crippen molar-refractivity contribution in [3.05, 3.63) is 0 Å². The van der Waals surface area contributed by atoms with Crippen LogP contribution >= 0.6 is 24.0 Å². The Hall–Kier alpha value is -0.330. The number of ether oxygens (including phenoxy) is 2. The van der Waals surface area contributed by atoms with E-state index in [1.54, 1.807) is 0 Å². The molecule has 0 aromatic heterocycles. The van der Waals surface area contributed by atoms with Gasteiger partial charge in [-0.05, 0) is 59.0 Å². The molecular formula is C20H38F3IN4O2. The SMILES string of the molecule is CCNC(=NCCCN(C)CC(F)(F)F)N1CCC(OCC2CCCCO2)CC1.I. The van der Waals surface area contributed by atoms with E-state index in [1.807, 2.05) is 6.92 Å². The summed E-state index contributed by atoms with van der Waals surface area (Å²) in [5.41, 5.74) is 0. The highest BCUT2D eigenvalue weighted by Crippen LogP contribution is 2.18. The fraction of sp³-hybridized carbons (Fsp3) is 0.950. The number of halogens is 4. The van der Waals surface area contributed by atoms with E-state index in [-0.39, 0.29) is 36.2 Å². The molecule has 2 aliphatic rings. The molecule has 0 aromatic carbocycles. The Balaban J connectivity index is 0.00000450. The van der Waals surface area contributed by atoms with Crippen LogP contribution in [0.4, 0.5) is 13.2 Å². The molecule has 0 spiro atoms. The van der Waals surface area contributed by atoms with E-state index < -0.39 is 12.7 Å². The van der Waals surface area contributed by atoms with Crippen LogP contribution in [0.2, 0.25) is 0 Å². The van der Waals surface area contributed by atoms with Gasteiger partial charge in [-0.15, -0.1) is 24.0 Å². The molecule has 0 amide bonds.